The van der Waals surface area contributed by atoms with Gasteiger partial charge in [-0.05, 0) is 42.7 Å². The summed E-state index contributed by atoms with van der Waals surface area (Å²) in [7, 11) is 0. The number of benzene rings is 1. The van der Waals surface area contributed by atoms with E-state index in [0.717, 1.165) is 17.7 Å². The minimum absolute atomic E-state index is 0.133. The monoisotopic (exact) mass is 260 g/mol. The quantitative estimate of drug-likeness (QED) is 0.900. The predicted molar refractivity (Wildman–Crippen MR) is 66.6 cm³/mol. The summed E-state index contributed by atoms with van der Waals surface area (Å²) in [6, 6.07) is 4.72. The van der Waals surface area contributed by atoms with E-state index in [-0.39, 0.29) is 11.1 Å². The van der Waals surface area contributed by atoms with Gasteiger partial charge in [0.1, 0.15) is 5.82 Å². The summed E-state index contributed by atoms with van der Waals surface area (Å²) < 4.78 is 13.2. The highest BCUT2D eigenvalue weighted by Crippen LogP contribution is 2.30. The van der Waals surface area contributed by atoms with Crippen molar-refractivity contribution in [2.75, 3.05) is 5.75 Å². The third-order valence-corrected chi connectivity index (χ3v) is 4.63. The molecule has 88 valence electrons. The molecule has 1 nitrogen and oxygen atoms in total. The first kappa shape index (κ1) is 12.2. The highest BCUT2D eigenvalue weighted by atomic mass is 35.5. The molecular formula is C12H14ClFOS. The highest BCUT2D eigenvalue weighted by Gasteiger charge is 2.23. The maximum absolute atomic E-state index is 13.2. The highest BCUT2D eigenvalue weighted by molar-refractivity contribution is 8.00. The van der Waals surface area contributed by atoms with Crippen molar-refractivity contribution in [1.29, 1.82) is 0 Å². The van der Waals surface area contributed by atoms with Crippen LogP contribution in [0.2, 0.25) is 5.02 Å². The molecule has 0 bridgehead atoms. The van der Waals surface area contributed by atoms with Crippen molar-refractivity contribution in [1.82, 2.24) is 0 Å². The molecule has 1 heterocycles. The summed E-state index contributed by atoms with van der Waals surface area (Å²) in [5.74, 6) is 0.710. The van der Waals surface area contributed by atoms with Crippen LogP contribution in [0.15, 0.2) is 18.2 Å². The first-order chi connectivity index (χ1) is 7.66. The molecule has 2 atom stereocenters. The van der Waals surface area contributed by atoms with E-state index in [2.05, 4.69) is 0 Å². The molecular weight excluding hydrogens is 247 g/mol. The van der Waals surface area contributed by atoms with Gasteiger partial charge in [0.2, 0.25) is 0 Å². The molecule has 1 aliphatic heterocycles. The third-order valence-electron chi connectivity index (χ3n) is 2.82. The molecule has 1 saturated heterocycles. The van der Waals surface area contributed by atoms with Crippen LogP contribution in [0.3, 0.4) is 0 Å². The number of hydrogen-bond acceptors (Lipinski definition) is 2. The molecule has 16 heavy (non-hydrogen) atoms. The fourth-order valence-corrected chi connectivity index (χ4v) is 3.35. The number of thioether (sulfide) groups is 1. The molecule has 1 aromatic rings. The van der Waals surface area contributed by atoms with E-state index in [1.807, 2.05) is 11.8 Å². The maximum atomic E-state index is 13.2. The standard InChI is InChI=1S/C12H14ClFOS/c13-9-4-3-8(6-10(9)14)7-11(15)12-2-1-5-16-12/h3-4,6,11-12,15H,1-2,5,7H2. The Bertz CT molecular complexity index is 366. The Morgan fingerprint density at radius 1 is 1.56 bits per heavy atom. The van der Waals surface area contributed by atoms with E-state index in [1.165, 1.54) is 12.5 Å². The Kier molecular flexibility index (Phi) is 4.11. The molecule has 2 rings (SSSR count). The Labute approximate surface area is 104 Å². The van der Waals surface area contributed by atoms with Crippen LogP contribution in [0.5, 0.6) is 0 Å². The summed E-state index contributed by atoms with van der Waals surface area (Å²) in [6.07, 6.45) is 2.35. The van der Waals surface area contributed by atoms with Gasteiger partial charge in [0.05, 0.1) is 11.1 Å². The Hall–Kier alpha value is -0.250. The van der Waals surface area contributed by atoms with Crippen molar-refractivity contribution in [3.05, 3.63) is 34.6 Å². The first-order valence-corrected chi connectivity index (χ1v) is 6.83. The molecule has 1 aromatic carbocycles. The fourth-order valence-electron chi connectivity index (χ4n) is 1.95. The number of hydrogen-bond donors (Lipinski definition) is 1. The van der Waals surface area contributed by atoms with Crippen molar-refractivity contribution in [2.45, 2.75) is 30.6 Å². The van der Waals surface area contributed by atoms with Gasteiger partial charge in [-0.3, -0.25) is 0 Å². The van der Waals surface area contributed by atoms with Crippen LogP contribution >= 0.6 is 23.4 Å². The number of halogens is 2. The molecule has 0 amide bonds. The lowest BCUT2D eigenvalue weighted by molar-refractivity contribution is 0.170. The van der Waals surface area contributed by atoms with E-state index in [0.29, 0.717) is 11.7 Å². The largest absolute Gasteiger partial charge is 0.392 e. The van der Waals surface area contributed by atoms with Crippen molar-refractivity contribution in [3.8, 4) is 0 Å². The summed E-state index contributed by atoms with van der Waals surface area (Å²) in [5.41, 5.74) is 0.807. The van der Waals surface area contributed by atoms with Gasteiger partial charge in [-0.1, -0.05) is 17.7 Å². The Balaban J connectivity index is 1.99. The van der Waals surface area contributed by atoms with E-state index >= 15 is 0 Å². The lowest BCUT2D eigenvalue weighted by atomic mass is 10.0. The zero-order valence-corrected chi connectivity index (χ0v) is 10.4. The van der Waals surface area contributed by atoms with Crippen LogP contribution in [-0.4, -0.2) is 22.2 Å². The summed E-state index contributed by atoms with van der Waals surface area (Å²) >= 11 is 7.41. The number of aliphatic hydroxyl groups excluding tert-OH is 1. The van der Waals surface area contributed by atoms with Crippen LogP contribution in [0.1, 0.15) is 18.4 Å². The summed E-state index contributed by atoms with van der Waals surface area (Å²) in [5, 5.41) is 10.4. The molecule has 0 aromatic heterocycles. The van der Waals surface area contributed by atoms with Gasteiger partial charge in [0.15, 0.2) is 0 Å². The van der Waals surface area contributed by atoms with Crippen LogP contribution in [0.4, 0.5) is 4.39 Å². The van der Waals surface area contributed by atoms with Gasteiger partial charge in [-0.15, -0.1) is 0 Å². The fraction of sp³-hybridized carbons (Fsp3) is 0.500. The van der Waals surface area contributed by atoms with Gasteiger partial charge < -0.3 is 5.11 Å². The van der Waals surface area contributed by atoms with Crippen molar-refractivity contribution in [3.63, 3.8) is 0 Å². The number of aliphatic hydroxyl groups is 1. The normalized spacial score (nSPS) is 22.3. The van der Waals surface area contributed by atoms with Crippen LogP contribution in [0, 0.1) is 5.82 Å². The molecule has 1 aliphatic rings. The topological polar surface area (TPSA) is 20.2 Å². The third kappa shape index (κ3) is 2.90. The van der Waals surface area contributed by atoms with Crippen LogP contribution < -0.4 is 0 Å². The smallest absolute Gasteiger partial charge is 0.142 e. The zero-order valence-electron chi connectivity index (χ0n) is 8.83. The van der Waals surface area contributed by atoms with E-state index in [1.54, 1.807) is 12.1 Å². The predicted octanol–water partition coefficient (Wildman–Crippen LogP) is 3.28. The van der Waals surface area contributed by atoms with Crippen molar-refractivity contribution < 1.29 is 9.50 Å². The van der Waals surface area contributed by atoms with Crippen LogP contribution in [-0.2, 0) is 6.42 Å². The zero-order chi connectivity index (χ0) is 11.5. The second-order valence-corrected chi connectivity index (χ2v) is 5.83. The van der Waals surface area contributed by atoms with Gasteiger partial charge >= 0.3 is 0 Å². The molecule has 0 aliphatic carbocycles. The molecule has 0 spiro atoms. The lowest BCUT2D eigenvalue weighted by Gasteiger charge is -2.17. The molecule has 4 heteroatoms. The minimum atomic E-state index is -0.412. The summed E-state index contributed by atoms with van der Waals surface area (Å²) in [4.78, 5) is 0. The Morgan fingerprint density at radius 2 is 2.38 bits per heavy atom. The van der Waals surface area contributed by atoms with Gasteiger partial charge in [-0.25, -0.2) is 4.39 Å². The second-order valence-electron chi connectivity index (χ2n) is 4.07. The van der Waals surface area contributed by atoms with Crippen LogP contribution in [0.25, 0.3) is 0 Å². The molecule has 1 fully saturated rings. The summed E-state index contributed by atoms with van der Waals surface area (Å²) in [6.45, 7) is 0. The van der Waals surface area contributed by atoms with E-state index in [9.17, 15) is 9.50 Å². The molecule has 0 radical (unpaired) electrons. The number of rotatable bonds is 3. The molecule has 0 saturated carbocycles. The van der Waals surface area contributed by atoms with Crippen molar-refractivity contribution in [2.24, 2.45) is 0 Å². The van der Waals surface area contributed by atoms with Gasteiger partial charge in [0, 0.05) is 5.25 Å². The van der Waals surface area contributed by atoms with Gasteiger partial charge in [0.25, 0.3) is 0 Å². The van der Waals surface area contributed by atoms with E-state index in [4.69, 9.17) is 11.6 Å². The minimum Gasteiger partial charge on any atom is -0.392 e. The first-order valence-electron chi connectivity index (χ1n) is 5.40. The SMILES string of the molecule is OC(Cc1ccc(Cl)c(F)c1)C1CCCS1. The average Bonchev–Trinajstić information content (AvgIpc) is 2.77. The van der Waals surface area contributed by atoms with E-state index < -0.39 is 5.82 Å². The molecule has 1 N–H and O–H groups in total. The molecule has 2 unspecified atom stereocenters. The van der Waals surface area contributed by atoms with Gasteiger partial charge in [-0.2, -0.15) is 11.8 Å². The maximum Gasteiger partial charge on any atom is 0.142 e. The Morgan fingerprint density at radius 3 is 3.00 bits per heavy atom. The average molecular weight is 261 g/mol. The second kappa shape index (κ2) is 5.39. The van der Waals surface area contributed by atoms with Crippen molar-refractivity contribution >= 4 is 23.4 Å². The lowest BCUT2D eigenvalue weighted by Crippen LogP contribution is -2.23.